The fourth-order valence-electron chi connectivity index (χ4n) is 2.25. The number of thioether (sulfide) groups is 1. The summed E-state index contributed by atoms with van der Waals surface area (Å²) < 4.78 is 0. The van der Waals surface area contributed by atoms with Crippen LogP contribution in [0.15, 0.2) is 58.4 Å². The average molecular weight is 352 g/mol. The molecule has 0 saturated carbocycles. The van der Waals surface area contributed by atoms with Crippen molar-refractivity contribution in [2.24, 2.45) is 4.99 Å². The van der Waals surface area contributed by atoms with E-state index in [9.17, 15) is 9.59 Å². The van der Waals surface area contributed by atoms with E-state index in [2.05, 4.69) is 4.99 Å². The molecule has 25 heavy (non-hydrogen) atoms. The van der Waals surface area contributed by atoms with Gasteiger partial charge in [0.2, 0.25) is 0 Å². The van der Waals surface area contributed by atoms with Crippen LogP contribution in [0.2, 0.25) is 0 Å². The number of carbonyl (C=O) groups excluding carboxylic acids is 1. The molecule has 126 valence electrons. The van der Waals surface area contributed by atoms with E-state index in [1.54, 1.807) is 19.2 Å². The van der Waals surface area contributed by atoms with Crippen molar-refractivity contribution < 1.29 is 14.7 Å². The van der Waals surface area contributed by atoms with Crippen LogP contribution in [0.4, 0.5) is 5.69 Å². The summed E-state index contributed by atoms with van der Waals surface area (Å²) in [6.07, 6.45) is 1.85. The van der Waals surface area contributed by atoms with Gasteiger partial charge in [0.05, 0.1) is 16.2 Å². The molecule has 0 aromatic heterocycles. The summed E-state index contributed by atoms with van der Waals surface area (Å²) >= 11 is 1.30. The number of amidine groups is 1. The lowest BCUT2D eigenvalue weighted by Gasteiger charge is -2.07. The van der Waals surface area contributed by atoms with Gasteiger partial charge in [0.15, 0.2) is 5.17 Å². The van der Waals surface area contributed by atoms with Gasteiger partial charge in [-0.15, -0.1) is 0 Å². The minimum Gasteiger partial charge on any atom is -0.478 e. The molecule has 1 aliphatic heterocycles. The summed E-state index contributed by atoms with van der Waals surface area (Å²) in [4.78, 5) is 29.8. The summed E-state index contributed by atoms with van der Waals surface area (Å²) in [6.45, 7) is 2.01. The van der Waals surface area contributed by atoms with Crippen molar-refractivity contribution in [3.05, 3.63) is 70.1 Å². The molecular weight excluding hydrogens is 336 g/mol. The largest absolute Gasteiger partial charge is 0.478 e. The number of carboxylic acids is 1. The molecule has 5 nitrogen and oxygen atoms in total. The zero-order valence-corrected chi connectivity index (χ0v) is 14.6. The molecule has 0 bridgehead atoms. The van der Waals surface area contributed by atoms with Crippen molar-refractivity contribution in [1.29, 1.82) is 0 Å². The number of carbonyl (C=O) groups is 2. The Hall–Kier alpha value is -2.86. The van der Waals surface area contributed by atoms with Crippen molar-refractivity contribution in [1.82, 2.24) is 4.90 Å². The highest BCUT2D eigenvalue weighted by atomic mass is 32.2. The Morgan fingerprint density at radius 2 is 1.76 bits per heavy atom. The molecule has 0 unspecified atom stereocenters. The third kappa shape index (κ3) is 3.80. The van der Waals surface area contributed by atoms with E-state index in [4.69, 9.17) is 5.11 Å². The molecule has 1 heterocycles. The fraction of sp³-hybridized carbons (Fsp3) is 0.105. The highest BCUT2D eigenvalue weighted by Crippen LogP contribution is 2.33. The van der Waals surface area contributed by atoms with E-state index in [-0.39, 0.29) is 11.5 Å². The van der Waals surface area contributed by atoms with Gasteiger partial charge >= 0.3 is 5.97 Å². The molecule has 2 aromatic rings. The van der Waals surface area contributed by atoms with Crippen LogP contribution in [0.25, 0.3) is 6.08 Å². The third-order valence-electron chi connectivity index (χ3n) is 3.72. The number of amides is 1. The van der Waals surface area contributed by atoms with Crippen molar-refractivity contribution in [2.45, 2.75) is 6.92 Å². The van der Waals surface area contributed by atoms with Gasteiger partial charge in [-0.3, -0.25) is 9.69 Å². The number of aliphatic imine (C=N–C) groups is 1. The van der Waals surface area contributed by atoms with Gasteiger partial charge in [-0.2, -0.15) is 0 Å². The first kappa shape index (κ1) is 17.0. The lowest BCUT2D eigenvalue weighted by molar-refractivity contribution is -0.121. The van der Waals surface area contributed by atoms with E-state index in [0.717, 1.165) is 11.1 Å². The van der Waals surface area contributed by atoms with Crippen LogP contribution in [0, 0.1) is 6.92 Å². The molecule has 0 spiro atoms. The van der Waals surface area contributed by atoms with Crippen LogP contribution in [0.1, 0.15) is 21.5 Å². The number of likely N-dealkylation sites (N-methyl/N-ethyl adjacent to an activating group) is 1. The summed E-state index contributed by atoms with van der Waals surface area (Å²) in [5.41, 5.74) is 2.93. The first-order chi connectivity index (χ1) is 11.9. The molecule has 1 amide bonds. The van der Waals surface area contributed by atoms with E-state index in [1.807, 2.05) is 37.3 Å². The number of rotatable bonds is 3. The molecule has 0 atom stereocenters. The first-order valence-electron chi connectivity index (χ1n) is 7.60. The predicted octanol–water partition coefficient (Wildman–Crippen LogP) is 3.93. The van der Waals surface area contributed by atoms with Crippen molar-refractivity contribution in [3.8, 4) is 0 Å². The zero-order valence-electron chi connectivity index (χ0n) is 13.8. The monoisotopic (exact) mass is 352 g/mol. The second kappa shape index (κ2) is 6.94. The predicted molar refractivity (Wildman–Crippen MR) is 100 cm³/mol. The number of aryl methyl sites for hydroxylation is 1. The van der Waals surface area contributed by atoms with Crippen molar-refractivity contribution in [3.63, 3.8) is 0 Å². The van der Waals surface area contributed by atoms with Gasteiger partial charge < -0.3 is 5.11 Å². The molecule has 1 fully saturated rings. The molecule has 6 heteroatoms. The Morgan fingerprint density at radius 3 is 2.36 bits per heavy atom. The third-order valence-corrected chi connectivity index (χ3v) is 4.78. The molecule has 3 rings (SSSR count). The molecule has 1 saturated heterocycles. The van der Waals surface area contributed by atoms with Crippen LogP contribution in [-0.2, 0) is 4.79 Å². The Balaban J connectivity index is 1.85. The number of benzene rings is 2. The summed E-state index contributed by atoms with van der Waals surface area (Å²) in [6, 6.07) is 14.2. The topological polar surface area (TPSA) is 70.0 Å². The first-order valence-corrected chi connectivity index (χ1v) is 8.42. The Bertz CT molecular complexity index is 884. The van der Waals surface area contributed by atoms with E-state index in [1.165, 1.54) is 28.8 Å². The number of hydrogen-bond acceptors (Lipinski definition) is 4. The second-order valence-electron chi connectivity index (χ2n) is 5.63. The molecular formula is C19H16N2O3S. The van der Waals surface area contributed by atoms with Crippen LogP contribution >= 0.6 is 11.8 Å². The maximum atomic E-state index is 12.4. The fourth-order valence-corrected chi connectivity index (χ4v) is 3.24. The molecule has 0 radical (unpaired) electrons. The Kier molecular flexibility index (Phi) is 4.72. The standard InChI is InChI=1S/C19H16N2O3S/c1-12-3-5-13(6-4-12)11-16-17(22)21(2)19(25-16)20-15-9-7-14(8-10-15)18(23)24/h3-11H,1-2H3,(H,23,24). The second-order valence-corrected chi connectivity index (χ2v) is 6.64. The molecule has 0 aliphatic carbocycles. The number of hydrogen-bond donors (Lipinski definition) is 1. The van der Waals surface area contributed by atoms with Crippen molar-refractivity contribution in [2.75, 3.05) is 7.05 Å². The summed E-state index contributed by atoms with van der Waals surface area (Å²) in [5.74, 6) is -1.09. The quantitative estimate of drug-likeness (QED) is 0.850. The smallest absolute Gasteiger partial charge is 0.335 e. The number of carboxylic acid groups (broad SMARTS) is 1. The molecule has 1 N–H and O–H groups in total. The number of nitrogens with zero attached hydrogens (tertiary/aromatic N) is 2. The maximum Gasteiger partial charge on any atom is 0.335 e. The molecule has 2 aromatic carbocycles. The van der Waals surface area contributed by atoms with Gasteiger partial charge in [-0.25, -0.2) is 9.79 Å². The lowest BCUT2D eigenvalue weighted by Crippen LogP contribution is -2.23. The van der Waals surface area contributed by atoms with Crippen LogP contribution < -0.4 is 0 Å². The highest BCUT2D eigenvalue weighted by Gasteiger charge is 2.30. The van der Waals surface area contributed by atoms with Gasteiger partial charge in [0.25, 0.3) is 5.91 Å². The maximum absolute atomic E-state index is 12.4. The number of aromatic carboxylic acids is 1. The van der Waals surface area contributed by atoms with E-state index < -0.39 is 5.97 Å². The Labute approximate surface area is 149 Å². The lowest BCUT2D eigenvalue weighted by atomic mass is 10.1. The minimum atomic E-state index is -0.981. The minimum absolute atomic E-state index is 0.105. The van der Waals surface area contributed by atoms with E-state index >= 15 is 0 Å². The highest BCUT2D eigenvalue weighted by molar-refractivity contribution is 8.18. The van der Waals surface area contributed by atoms with Crippen LogP contribution in [0.3, 0.4) is 0 Å². The van der Waals surface area contributed by atoms with Crippen LogP contribution in [-0.4, -0.2) is 34.1 Å². The van der Waals surface area contributed by atoms with Gasteiger partial charge in [0, 0.05) is 7.05 Å². The van der Waals surface area contributed by atoms with Crippen LogP contribution in [0.5, 0.6) is 0 Å². The van der Waals surface area contributed by atoms with E-state index in [0.29, 0.717) is 15.8 Å². The molecule has 1 aliphatic rings. The van der Waals surface area contributed by atoms with Gasteiger partial charge in [-0.1, -0.05) is 29.8 Å². The van der Waals surface area contributed by atoms with Gasteiger partial charge in [-0.05, 0) is 54.6 Å². The average Bonchev–Trinajstić information content (AvgIpc) is 2.85. The van der Waals surface area contributed by atoms with Crippen molar-refractivity contribution >= 4 is 40.6 Å². The normalized spacial score (nSPS) is 17.5. The summed E-state index contributed by atoms with van der Waals surface area (Å²) in [7, 11) is 1.68. The zero-order chi connectivity index (χ0) is 18.0. The Morgan fingerprint density at radius 1 is 1.12 bits per heavy atom. The SMILES string of the molecule is Cc1ccc(C=C2SC(=Nc3ccc(C(=O)O)cc3)N(C)C2=O)cc1. The summed E-state index contributed by atoms with van der Waals surface area (Å²) in [5, 5.41) is 9.49. The van der Waals surface area contributed by atoms with Gasteiger partial charge in [0.1, 0.15) is 0 Å².